The Kier molecular flexibility index (Phi) is 3.43. The Morgan fingerprint density at radius 2 is 2.39 bits per heavy atom. The van der Waals surface area contributed by atoms with Crippen LogP contribution in [0.25, 0.3) is 0 Å². The largest absolute Gasteiger partial charge is 0.338 e. The maximum absolute atomic E-state index is 5.32. The smallest absolute Gasteiger partial charge is 0.243 e. The number of benzene rings is 1. The first-order valence-electron chi connectivity index (χ1n) is 6.11. The van der Waals surface area contributed by atoms with E-state index in [4.69, 9.17) is 4.52 Å². The van der Waals surface area contributed by atoms with E-state index in [2.05, 4.69) is 43.5 Å². The lowest BCUT2D eigenvalue weighted by atomic mass is 10.1. The molecule has 1 saturated heterocycles. The quantitative estimate of drug-likeness (QED) is 0.947. The summed E-state index contributed by atoms with van der Waals surface area (Å²) in [5.74, 6) is 1.47. The molecule has 0 saturated carbocycles. The van der Waals surface area contributed by atoms with Crippen molar-refractivity contribution in [1.82, 2.24) is 15.5 Å². The Bertz CT molecular complexity index is 535. The number of rotatable bonds is 3. The van der Waals surface area contributed by atoms with E-state index in [-0.39, 0.29) is 6.04 Å². The van der Waals surface area contributed by atoms with Crippen LogP contribution in [-0.2, 0) is 6.42 Å². The molecule has 2 heterocycles. The lowest BCUT2D eigenvalue weighted by molar-refractivity contribution is 0.341. The van der Waals surface area contributed by atoms with Crippen molar-refractivity contribution in [2.45, 2.75) is 25.3 Å². The van der Waals surface area contributed by atoms with Gasteiger partial charge in [-0.25, -0.2) is 0 Å². The lowest BCUT2D eigenvalue weighted by Gasteiger charge is -2.01. The van der Waals surface area contributed by atoms with Gasteiger partial charge in [0, 0.05) is 10.9 Å². The lowest BCUT2D eigenvalue weighted by Crippen LogP contribution is -2.13. The van der Waals surface area contributed by atoms with Crippen LogP contribution in [0.1, 0.15) is 36.2 Å². The molecule has 1 aromatic heterocycles. The van der Waals surface area contributed by atoms with Crippen LogP contribution >= 0.6 is 15.9 Å². The molecule has 3 rings (SSSR count). The molecule has 0 amide bonds. The minimum absolute atomic E-state index is 0.244. The molecule has 1 aromatic carbocycles. The van der Waals surface area contributed by atoms with Crippen molar-refractivity contribution in [3.63, 3.8) is 0 Å². The second kappa shape index (κ2) is 5.20. The predicted molar refractivity (Wildman–Crippen MR) is 71.2 cm³/mol. The van der Waals surface area contributed by atoms with Gasteiger partial charge in [0.05, 0.1) is 6.04 Å². The summed E-state index contributed by atoms with van der Waals surface area (Å²) < 4.78 is 6.39. The van der Waals surface area contributed by atoms with Gasteiger partial charge in [-0.1, -0.05) is 33.2 Å². The Morgan fingerprint density at radius 3 is 3.17 bits per heavy atom. The monoisotopic (exact) mass is 307 g/mol. The topological polar surface area (TPSA) is 51.0 Å². The summed E-state index contributed by atoms with van der Waals surface area (Å²) in [5.41, 5.74) is 1.18. The van der Waals surface area contributed by atoms with E-state index in [9.17, 15) is 0 Å². The van der Waals surface area contributed by atoms with Crippen LogP contribution in [0.15, 0.2) is 33.3 Å². The highest BCUT2D eigenvalue weighted by atomic mass is 79.9. The maximum atomic E-state index is 5.32. The van der Waals surface area contributed by atoms with Crippen LogP contribution in [0.4, 0.5) is 0 Å². The van der Waals surface area contributed by atoms with Gasteiger partial charge in [0.2, 0.25) is 5.89 Å². The molecule has 94 valence electrons. The third-order valence-electron chi connectivity index (χ3n) is 3.09. The molecule has 1 aliphatic heterocycles. The van der Waals surface area contributed by atoms with Crippen LogP contribution < -0.4 is 5.32 Å². The summed E-state index contributed by atoms with van der Waals surface area (Å²) in [5, 5.41) is 7.40. The van der Waals surface area contributed by atoms with E-state index < -0.39 is 0 Å². The van der Waals surface area contributed by atoms with E-state index in [0.29, 0.717) is 6.42 Å². The van der Waals surface area contributed by atoms with Gasteiger partial charge in [0.15, 0.2) is 5.82 Å². The summed E-state index contributed by atoms with van der Waals surface area (Å²) in [4.78, 5) is 4.46. The minimum atomic E-state index is 0.244. The molecule has 1 fully saturated rings. The molecule has 0 radical (unpaired) electrons. The molecule has 18 heavy (non-hydrogen) atoms. The number of nitrogens with one attached hydrogen (secondary N) is 1. The van der Waals surface area contributed by atoms with Crippen molar-refractivity contribution >= 4 is 15.9 Å². The third-order valence-corrected chi connectivity index (χ3v) is 3.59. The second-order valence-corrected chi connectivity index (χ2v) is 5.42. The van der Waals surface area contributed by atoms with Gasteiger partial charge in [-0.3, -0.25) is 0 Å². The van der Waals surface area contributed by atoms with Gasteiger partial charge >= 0.3 is 0 Å². The molecule has 4 nitrogen and oxygen atoms in total. The van der Waals surface area contributed by atoms with Gasteiger partial charge in [-0.05, 0) is 37.1 Å². The molecule has 1 aliphatic rings. The zero-order valence-corrected chi connectivity index (χ0v) is 11.5. The Morgan fingerprint density at radius 1 is 1.44 bits per heavy atom. The number of hydrogen-bond acceptors (Lipinski definition) is 4. The van der Waals surface area contributed by atoms with Crippen molar-refractivity contribution in [1.29, 1.82) is 0 Å². The number of halogens is 1. The van der Waals surface area contributed by atoms with Crippen LogP contribution in [0.3, 0.4) is 0 Å². The second-order valence-electron chi connectivity index (χ2n) is 4.50. The van der Waals surface area contributed by atoms with Crippen LogP contribution in [0.5, 0.6) is 0 Å². The summed E-state index contributed by atoms with van der Waals surface area (Å²) >= 11 is 3.46. The first kappa shape index (κ1) is 11.9. The normalized spacial score (nSPS) is 19.3. The van der Waals surface area contributed by atoms with Crippen LogP contribution in [0, 0.1) is 0 Å². The van der Waals surface area contributed by atoms with Crippen LogP contribution in [-0.4, -0.2) is 16.7 Å². The highest BCUT2D eigenvalue weighted by molar-refractivity contribution is 9.10. The van der Waals surface area contributed by atoms with Crippen LogP contribution in [0.2, 0.25) is 0 Å². The zero-order chi connectivity index (χ0) is 12.4. The summed E-state index contributed by atoms with van der Waals surface area (Å²) in [6.45, 7) is 1.04. The van der Waals surface area contributed by atoms with E-state index in [1.165, 1.54) is 12.0 Å². The van der Waals surface area contributed by atoms with Crippen molar-refractivity contribution < 1.29 is 4.52 Å². The number of hydrogen-bond donors (Lipinski definition) is 1. The highest BCUT2D eigenvalue weighted by Crippen LogP contribution is 2.22. The first-order chi connectivity index (χ1) is 8.81. The summed E-state index contributed by atoms with van der Waals surface area (Å²) in [6.07, 6.45) is 2.96. The van der Waals surface area contributed by atoms with E-state index in [0.717, 1.165) is 29.2 Å². The van der Waals surface area contributed by atoms with Crippen molar-refractivity contribution in [2.75, 3.05) is 6.54 Å². The molecule has 0 aliphatic carbocycles. The van der Waals surface area contributed by atoms with Crippen molar-refractivity contribution in [3.05, 3.63) is 46.0 Å². The molecule has 1 atom stereocenters. The SMILES string of the molecule is Brc1cccc(Cc2noc(C3CCCN3)n2)c1. The molecular formula is C13H14BrN3O. The van der Waals surface area contributed by atoms with Gasteiger partial charge < -0.3 is 9.84 Å². The highest BCUT2D eigenvalue weighted by Gasteiger charge is 2.22. The third kappa shape index (κ3) is 2.62. The minimum Gasteiger partial charge on any atom is -0.338 e. The fraction of sp³-hybridized carbons (Fsp3) is 0.385. The average molecular weight is 308 g/mol. The maximum Gasteiger partial charge on any atom is 0.243 e. The molecule has 1 unspecified atom stereocenters. The molecule has 0 bridgehead atoms. The number of aromatic nitrogens is 2. The van der Waals surface area contributed by atoms with Gasteiger partial charge in [0.1, 0.15) is 0 Å². The van der Waals surface area contributed by atoms with Gasteiger partial charge in [0.25, 0.3) is 0 Å². The standard InChI is InChI=1S/C13H14BrN3O/c14-10-4-1-3-9(7-10)8-12-16-13(18-17-12)11-5-2-6-15-11/h1,3-4,7,11,15H,2,5-6,8H2. The van der Waals surface area contributed by atoms with Gasteiger partial charge in [-0.15, -0.1) is 0 Å². The zero-order valence-electron chi connectivity index (χ0n) is 9.90. The first-order valence-corrected chi connectivity index (χ1v) is 6.91. The number of nitrogens with zero attached hydrogens (tertiary/aromatic N) is 2. The van der Waals surface area contributed by atoms with Crippen molar-refractivity contribution in [2.24, 2.45) is 0 Å². The Balaban J connectivity index is 1.73. The fourth-order valence-electron chi connectivity index (χ4n) is 2.21. The average Bonchev–Trinajstić information content (AvgIpc) is 2.98. The Labute approximate surface area is 114 Å². The van der Waals surface area contributed by atoms with Gasteiger partial charge in [-0.2, -0.15) is 4.98 Å². The van der Waals surface area contributed by atoms with E-state index >= 15 is 0 Å². The fourth-order valence-corrected chi connectivity index (χ4v) is 2.65. The molecule has 5 heteroatoms. The summed E-state index contributed by atoms with van der Waals surface area (Å²) in [6, 6.07) is 8.40. The Hall–Kier alpha value is -1.20. The predicted octanol–water partition coefficient (Wildman–Crippen LogP) is 2.85. The molecular weight excluding hydrogens is 294 g/mol. The van der Waals surface area contributed by atoms with E-state index in [1.54, 1.807) is 0 Å². The van der Waals surface area contributed by atoms with E-state index in [1.807, 2.05) is 12.1 Å². The molecule has 2 aromatic rings. The van der Waals surface area contributed by atoms with Crippen molar-refractivity contribution in [3.8, 4) is 0 Å². The summed E-state index contributed by atoms with van der Waals surface area (Å²) in [7, 11) is 0. The molecule has 0 spiro atoms. The molecule has 1 N–H and O–H groups in total.